The van der Waals surface area contributed by atoms with Crippen molar-refractivity contribution in [3.63, 3.8) is 0 Å². The third-order valence-corrected chi connectivity index (χ3v) is 3.00. The van der Waals surface area contributed by atoms with Crippen molar-refractivity contribution in [2.24, 2.45) is 0 Å². The summed E-state index contributed by atoms with van der Waals surface area (Å²) in [7, 11) is 0. The van der Waals surface area contributed by atoms with E-state index < -0.39 is 0 Å². The van der Waals surface area contributed by atoms with Crippen LogP contribution in [-0.4, -0.2) is 24.4 Å². The molecule has 0 atom stereocenters. The quantitative estimate of drug-likeness (QED) is 0.887. The van der Waals surface area contributed by atoms with Gasteiger partial charge in [0.05, 0.1) is 6.10 Å². The molecule has 0 heterocycles. The van der Waals surface area contributed by atoms with Gasteiger partial charge in [-0.25, -0.2) is 0 Å². The highest BCUT2D eigenvalue weighted by molar-refractivity contribution is 5.91. The SMILES string of the molecule is O=C1CCC(OCC(=O)Nc2ccccc2)CC1. The first kappa shape index (κ1) is 12.8. The van der Waals surface area contributed by atoms with Crippen LogP contribution >= 0.6 is 0 Å². The molecule has 0 saturated heterocycles. The van der Waals surface area contributed by atoms with Crippen LogP contribution < -0.4 is 5.32 Å². The van der Waals surface area contributed by atoms with Crippen LogP contribution in [-0.2, 0) is 14.3 Å². The fourth-order valence-corrected chi connectivity index (χ4v) is 1.99. The lowest BCUT2D eigenvalue weighted by Crippen LogP contribution is -2.26. The fourth-order valence-electron chi connectivity index (χ4n) is 1.99. The standard InChI is InChI=1S/C14H17NO3/c16-12-6-8-13(9-7-12)18-10-14(17)15-11-4-2-1-3-5-11/h1-5,13H,6-10H2,(H,15,17). The zero-order valence-corrected chi connectivity index (χ0v) is 10.2. The summed E-state index contributed by atoms with van der Waals surface area (Å²) in [6, 6.07) is 9.28. The topological polar surface area (TPSA) is 55.4 Å². The summed E-state index contributed by atoms with van der Waals surface area (Å²) in [6.07, 6.45) is 2.66. The van der Waals surface area contributed by atoms with Gasteiger partial charge in [0.15, 0.2) is 0 Å². The van der Waals surface area contributed by atoms with Crippen molar-refractivity contribution in [2.75, 3.05) is 11.9 Å². The van der Waals surface area contributed by atoms with Gasteiger partial charge in [0, 0.05) is 18.5 Å². The highest BCUT2D eigenvalue weighted by Gasteiger charge is 2.19. The van der Waals surface area contributed by atoms with Gasteiger partial charge in [0.25, 0.3) is 0 Å². The number of carbonyl (C=O) groups excluding carboxylic acids is 2. The molecule has 0 spiro atoms. The van der Waals surface area contributed by atoms with Crippen molar-refractivity contribution in [3.8, 4) is 0 Å². The number of ketones is 1. The molecule has 1 aliphatic rings. The molecule has 1 fully saturated rings. The normalized spacial score (nSPS) is 16.6. The van der Waals surface area contributed by atoms with Crippen molar-refractivity contribution in [1.82, 2.24) is 0 Å². The molecule has 1 aromatic rings. The average Bonchev–Trinajstić information content (AvgIpc) is 2.39. The molecule has 0 aromatic heterocycles. The molecule has 1 aliphatic carbocycles. The Hall–Kier alpha value is -1.68. The molecule has 96 valence electrons. The number of nitrogens with one attached hydrogen (secondary N) is 1. The Morgan fingerprint density at radius 1 is 1.22 bits per heavy atom. The molecule has 0 unspecified atom stereocenters. The van der Waals surface area contributed by atoms with Gasteiger partial charge < -0.3 is 10.1 Å². The van der Waals surface area contributed by atoms with Crippen LogP contribution in [0.5, 0.6) is 0 Å². The predicted octanol–water partition coefficient (Wildman–Crippen LogP) is 2.15. The van der Waals surface area contributed by atoms with Crippen molar-refractivity contribution in [2.45, 2.75) is 31.8 Å². The molecule has 0 bridgehead atoms. The first-order chi connectivity index (χ1) is 8.74. The van der Waals surface area contributed by atoms with Crippen molar-refractivity contribution in [1.29, 1.82) is 0 Å². The summed E-state index contributed by atoms with van der Waals surface area (Å²) >= 11 is 0. The van der Waals surface area contributed by atoms with E-state index in [1.165, 1.54) is 0 Å². The van der Waals surface area contributed by atoms with Gasteiger partial charge in [-0.15, -0.1) is 0 Å². The van der Waals surface area contributed by atoms with E-state index in [2.05, 4.69) is 5.32 Å². The largest absolute Gasteiger partial charge is 0.368 e. The molecular formula is C14H17NO3. The van der Waals surface area contributed by atoms with Crippen LogP contribution in [0.2, 0.25) is 0 Å². The Kier molecular flexibility index (Phi) is 4.47. The van der Waals surface area contributed by atoms with Gasteiger partial charge in [-0.1, -0.05) is 18.2 Å². The fraction of sp³-hybridized carbons (Fsp3) is 0.429. The van der Waals surface area contributed by atoms with Gasteiger partial charge >= 0.3 is 0 Å². The minimum Gasteiger partial charge on any atom is -0.368 e. The summed E-state index contributed by atoms with van der Waals surface area (Å²) in [5.41, 5.74) is 0.768. The summed E-state index contributed by atoms with van der Waals surface area (Å²) in [6.45, 7) is 0.0494. The molecule has 1 saturated carbocycles. The average molecular weight is 247 g/mol. The van der Waals surface area contributed by atoms with Crippen molar-refractivity contribution in [3.05, 3.63) is 30.3 Å². The number of amides is 1. The van der Waals surface area contributed by atoms with E-state index in [-0.39, 0.29) is 18.6 Å². The van der Waals surface area contributed by atoms with Crippen LogP contribution in [0.1, 0.15) is 25.7 Å². The van der Waals surface area contributed by atoms with Crippen LogP contribution in [0.4, 0.5) is 5.69 Å². The Labute approximate surface area is 106 Å². The number of benzene rings is 1. The second kappa shape index (κ2) is 6.31. The number of hydrogen-bond acceptors (Lipinski definition) is 3. The molecule has 1 amide bonds. The Bertz CT molecular complexity index is 406. The number of rotatable bonds is 4. The van der Waals surface area contributed by atoms with Gasteiger partial charge in [0.2, 0.25) is 5.91 Å². The monoisotopic (exact) mass is 247 g/mol. The van der Waals surface area contributed by atoms with Crippen LogP contribution in [0, 0.1) is 0 Å². The van der Waals surface area contributed by atoms with E-state index >= 15 is 0 Å². The molecule has 4 nitrogen and oxygen atoms in total. The van der Waals surface area contributed by atoms with E-state index in [4.69, 9.17) is 4.74 Å². The molecule has 0 radical (unpaired) electrons. The lowest BCUT2D eigenvalue weighted by atomic mass is 9.96. The molecular weight excluding hydrogens is 230 g/mol. The lowest BCUT2D eigenvalue weighted by molar-refractivity contribution is -0.126. The van der Waals surface area contributed by atoms with Crippen LogP contribution in [0.25, 0.3) is 0 Å². The van der Waals surface area contributed by atoms with Gasteiger partial charge in [-0.3, -0.25) is 9.59 Å². The van der Waals surface area contributed by atoms with Gasteiger partial charge in [0.1, 0.15) is 12.4 Å². The third kappa shape index (κ3) is 3.96. The van der Waals surface area contributed by atoms with E-state index in [0.29, 0.717) is 18.6 Å². The molecule has 2 rings (SSSR count). The maximum Gasteiger partial charge on any atom is 0.250 e. The summed E-state index contributed by atoms with van der Waals surface area (Å²) in [5, 5.41) is 2.76. The Balaban J connectivity index is 1.70. The first-order valence-corrected chi connectivity index (χ1v) is 6.22. The first-order valence-electron chi connectivity index (χ1n) is 6.22. The number of anilines is 1. The molecule has 1 N–H and O–H groups in total. The molecule has 4 heteroatoms. The van der Waals surface area contributed by atoms with Gasteiger partial charge in [-0.05, 0) is 25.0 Å². The van der Waals surface area contributed by atoms with E-state index in [1.807, 2.05) is 30.3 Å². The van der Waals surface area contributed by atoms with E-state index in [0.717, 1.165) is 18.5 Å². The lowest BCUT2D eigenvalue weighted by Gasteiger charge is -2.21. The third-order valence-electron chi connectivity index (χ3n) is 3.00. The molecule has 18 heavy (non-hydrogen) atoms. The molecule has 1 aromatic carbocycles. The summed E-state index contributed by atoms with van der Waals surface area (Å²) in [5.74, 6) is 0.140. The number of hydrogen-bond donors (Lipinski definition) is 1. The Morgan fingerprint density at radius 3 is 2.56 bits per heavy atom. The van der Waals surface area contributed by atoms with E-state index in [1.54, 1.807) is 0 Å². The van der Waals surface area contributed by atoms with Crippen LogP contribution in [0.15, 0.2) is 30.3 Å². The minimum atomic E-state index is -0.155. The zero-order valence-electron chi connectivity index (χ0n) is 10.2. The smallest absolute Gasteiger partial charge is 0.250 e. The number of Topliss-reactive ketones (excluding diaryl/α,β-unsaturated/α-hetero) is 1. The van der Waals surface area contributed by atoms with Gasteiger partial charge in [-0.2, -0.15) is 0 Å². The highest BCUT2D eigenvalue weighted by Crippen LogP contribution is 2.17. The minimum absolute atomic E-state index is 0.0456. The zero-order chi connectivity index (χ0) is 12.8. The second-order valence-electron chi connectivity index (χ2n) is 4.46. The second-order valence-corrected chi connectivity index (χ2v) is 4.46. The van der Waals surface area contributed by atoms with E-state index in [9.17, 15) is 9.59 Å². The predicted molar refractivity (Wildman–Crippen MR) is 68.3 cm³/mol. The van der Waals surface area contributed by atoms with Crippen molar-refractivity contribution < 1.29 is 14.3 Å². The maximum atomic E-state index is 11.6. The Morgan fingerprint density at radius 2 is 1.89 bits per heavy atom. The number of para-hydroxylation sites is 1. The number of ether oxygens (including phenoxy) is 1. The summed E-state index contributed by atoms with van der Waals surface area (Å²) in [4.78, 5) is 22.7. The summed E-state index contributed by atoms with van der Waals surface area (Å²) < 4.78 is 5.50. The molecule has 0 aliphatic heterocycles. The highest BCUT2D eigenvalue weighted by atomic mass is 16.5. The van der Waals surface area contributed by atoms with Crippen LogP contribution in [0.3, 0.4) is 0 Å². The number of carbonyl (C=O) groups is 2. The maximum absolute atomic E-state index is 11.6. The van der Waals surface area contributed by atoms with Crippen molar-refractivity contribution >= 4 is 17.4 Å².